The topological polar surface area (TPSA) is 119 Å². The van der Waals surface area contributed by atoms with E-state index in [9.17, 15) is 18.0 Å². The Morgan fingerprint density at radius 1 is 1.28 bits per heavy atom. The van der Waals surface area contributed by atoms with Crippen molar-refractivity contribution in [3.63, 3.8) is 0 Å². The van der Waals surface area contributed by atoms with Crippen LogP contribution in [0.4, 0.5) is 9.93 Å². The van der Waals surface area contributed by atoms with Gasteiger partial charge in [0.25, 0.3) is 5.91 Å². The molecular weight excluding hydrogens is 500 g/mol. The quantitative estimate of drug-likeness (QED) is 0.436. The minimum Gasteiger partial charge on any atom is -0.415 e. The molecule has 1 aromatic heterocycles. The number of rotatable bonds is 10. The molecule has 1 heterocycles. The number of aromatic nitrogens is 2. The summed E-state index contributed by atoms with van der Waals surface area (Å²) in [5.74, 6) is -0.0471. The van der Waals surface area contributed by atoms with Crippen LogP contribution in [0.3, 0.4) is 0 Å². The highest BCUT2D eigenvalue weighted by atomic mass is 32.2. The molecule has 1 unspecified atom stereocenters. The molecule has 0 fully saturated rings. The maximum absolute atomic E-state index is 13.3. The van der Waals surface area contributed by atoms with Crippen LogP contribution in [0.2, 0.25) is 0 Å². The van der Waals surface area contributed by atoms with Crippen LogP contribution in [0.1, 0.15) is 61.0 Å². The summed E-state index contributed by atoms with van der Waals surface area (Å²) in [4.78, 5) is 26.7. The molecule has 1 atom stereocenters. The van der Waals surface area contributed by atoms with E-state index >= 15 is 0 Å². The molecule has 192 valence electrons. The summed E-state index contributed by atoms with van der Waals surface area (Å²) in [5, 5.41) is 8.63. The van der Waals surface area contributed by atoms with Gasteiger partial charge in [-0.1, -0.05) is 68.5 Å². The van der Waals surface area contributed by atoms with Crippen LogP contribution in [0.25, 0.3) is 5.57 Å². The Morgan fingerprint density at radius 3 is 2.69 bits per heavy atom. The molecule has 2 aromatic rings. The minimum absolute atomic E-state index is 0.0840. The van der Waals surface area contributed by atoms with Gasteiger partial charge >= 0.3 is 6.09 Å². The van der Waals surface area contributed by atoms with Gasteiger partial charge in [0.15, 0.2) is 0 Å². The first-order valence-electron chi connectivity index (χ1n) is 11.7. The number of carbonyl (C=O) groups is 2. The third-order valence-electron chi connectivity index (χ3n) is 5.41. The Balaban J connectivity index is 1.76. The van der Waals surface area contributed by atoms with Crippen LogP contribution in [-0.2, 0) is 21.2 Å². The molecule has 11 heteroatoms. The lowest BCUT2D eigenvalue weighted by Crippen LogP contribution is -2.37. The molecule has 0 aliphatic heterocycles. The van der Waals surface area contributed by atoms with E-state index in [-0.39, 0.29) is 18.1 Å². The number of aryl methyl sites for hydroxylation is 1. The van der Waals surface area contributed by atoms with Gasteiger partial charge in [-0.25, -0.2) is 17.9 Å². The van der Waals surface area contributed by atoms with E-state index in [1.807, 2.05) is 29.8 Å². The molecule has 9 nitrogen and oxygen atoms in total. The number of benzene rings is 1. The Hall–Kier alpha value is -3.31. The van der Waals surface area contributed by atoms with Crippen LogP contribution in [-0.4, -0.2) is 42.4 Å². The fourth-order valence-corrected chi connectivity index (χ4v) is 5.43. The van der Waals surface area contributed by atoms with E-state index in [0.717, 1.165) is 24.8 Å². The molecule has 0 spiro atoms. The first kappa shape index (κ1) is 27.3. The van der Waals surface area contributed by atoms with Crippen molar-refractivity contribution in [1.29, 1.82) is 0 Å². The van der Waals surface area contributed by atoms with Gasteiger partial charge in [0.1, 0.15) is 10.3 Å². The zero-order valence-electron chi connectivity index (χ0n) is 20.6. The number of carbonyl (C=O) groups excluding carboxylic acids is 2. The molecule has 1 aliphatic carbocycles. The second-order valence-corrected chi connectivity index (χ2v) is 11.1. The van der Waals surface area contributed by atoms with Crippen LogP contribution < -0.4 is 9.62 Å². The molecule has 0 saturated heterocycles. The van der Waals surface area contributed by atoms with Crippen molar-refractivity contribution in [1.82, 2.24) is 14.9 Å². The summed E-state index contributed by atoms with van der Waals surface area (Å²) in [7, 11) is -3.98. The second-order valence-electron chi connectivity index (χ2n) is 8.29. The summed E-state index contributed by atoms with van der Waals surface area (Å²) in [6.07, 6.45) is 6.45. The van der Waals surface area contributed by atoms with Gasteiger partial charge in [0.05, 0.1) is 5.76 Å². The molecule has 0 bridgehead atoms. The molecule has 1 aromatic carbocycles. The number of unbranched alkanes of at least 4 members (excludes halogenated alkanes) is 1. The van der Waals surface area contributed by atoms with Gasteiger partial charge in [-0.15, -0.1) is 10.2 Å². The number of amides is 2. The van der Waals surface area contributed by atoms with Crippen molar-refractivity contribution in [3.05, 3.63) is 71.0 Å². The maximum atomic E-state index is 13.3. The first-order chi connectivity index (χ1) is 17.1. The number of nitrogens with zero attached hydrogens (tertiary/aromatic N) is 3. The van der Waals surface area contributed by atoms with E-state index in [1.165, 1.54) is 24.3 Å². The number of ether oxygens (including phenoxy) is 1. The minimum atomic E-state index is -3.98. The van der Waals surface area contributed by atoms with E-state index in [2.05, 4.69) is 28.4 Å². The van der Waals surface area contributed by atoms with Gasteiger partial charge < -0.3 is 4.74 Å². The number of hydrogen-bond donors (Lipinski definition) is 1. The zero-order valence-corrected chi connectivity index (χ0v) is 22.2. The van der Waals surface area contributed by atoms with Crippen molar-refractivity contribution in [3.8, 4) is 0 Å². The summed E-state index contributed by atoms with van der Waals surface area (Å²) < 4.78 is 31.5. The van der Waals surface area contributed by atoms with Crippen molar-refractivity contribution in [2.75, 3.05) is 11.4 Å². The van der Waals surface area contributed by atoms with Crippen molar-refractivity contribution in [2.24, 2.45) is 0 Å². The van der Waals surface area contributed by atoms with Crippen LogP contribution >= 0.6 is 11.3 Å². The lowest BCUT2D eigenvalue weighted by atomic mass is 10.1. The summed E-state index contributed by atoms with van der Waals surface area (Å²) in [6, 6.07) is 7.57. The largest absolute Gasteiger partial charge is 0.426 e. The zero-order chi connectivity index (χ0) is 26.3. The Labute approximate surface area is 215 Å². The fourth-order valence-electron chi connectivity index (χ4n) is 3.48. The predicted octanol–water partition coefficient (Wildman–Crippen LogP) is 4.85. The normalized spacial score (nSPS) is 15.2. The van der Waals surface area contributed by atoms with Gasteiger partial charge in [0.2, 0.25) is 15.2 Å². The van der Waals surface area contributed by atoms with E-state index in [4.69, 9.17) is 0 Å². The molecule has 1 aliphatic rings. The number of anilines is 1. The highest BCUT2D eigenvalue weighted by Gasteiger charge is 2.28. The maximum Gasteiger partial charge on any atom is 0.426 e. The highest BCUT2D eigenvalue weighted by Crippen LogP contribution is 2.31. The molecule has 36 heavy (non-hydrogen) atoms. The Morgan fingerprint density at radius 2 is 2.06 bits per heavy atom. The van der Waals surface area contributed by atoms with E-state index in [0.29, 0.717) is 27.8 Å². The lowest BCUT2D eigenvalue weighted by molar-refractivity contribution is 0.0986. The number of allylic oxidation sites excluding steroid dienone is 4. The van der Waals surface area contributed by atoms with Crippen molar-refractivity contribution >= 4 is 44.1 Å². The summed E-state index contributed by atoms with van der Waals surface area (Å²) >= 11 is 1.27. The third-order valence-corrected chi connectivity index (χ3v) is 8.00. The standard InChI is InChI=1S/C25H30N4O5S2/c1-5-7-15-29(23(30)20-10-8-9-18(6-2)16-20)24-27-26-22(35-24)19-11-13-21(14-12-19)36(32,33)28-25(31)34-17(3)4/h8-13,16,21H,3,5-7,14-15H2,1-2,4H3,(H,28,31). The second kappa shape index (κ2) is 12.1. The molecule has 0 saturated carbocycles. The molecule has 3 rings (SSSR count). The predicted molar refractivity (Wildman–Crippen MR) is 141 cm³/mol. The number of sulfonamides is 1. The smallest absolute Gasteiger partial charge is 0.415 e. The van der Waals surface area contributed by atoms with Gasteiger partial charge in [-0.3, -0.25) is 9.69 Å². The molecule has 2 amide bonds. The molecule has 0 radical (unpaired) electrons. The van der Waals surface area contributed by atoms with Crippen LogP contribution in [0, 0.1) is 0 Å². The first-order valence-corrected chi connectivity index (χ1v) is 14.0. The third kappa shape index (κ3) is 6.88. The Kier molecular flexibility index (Phi) is 9.16. The molecule has 1 N–H and O–H groups in total. The summed E-state index contributed by atoms with van der Waals surface area (Å²) in [6.45, 7) is 9.47. The van der Waals surface area contributed by atoms with Crippen LogP contribution in [0.15, 0.2) is 54.8 Å². The summed E-state index contributed by atoms with van der Waals surface area (Å²) in [5.41, 5.74) is 2.38. The van der Waals surface area contributed by atoms with E-state index < -0.39 is 21.4 Å². The fraction of sp³-hybridized carbons (Fsp3) is 0.360. The SMILES string of the molecule is C=C(C)OC(=O)NS(=O)(=O)C1C=CC(c2nnc(N(CCCC)C(=O)c3cccc(CC)c3)s2)=CC1. The number of nitrogens with one attached hydrogen (secondary N) is 1. The van der Waals surface area contributed by atoms with Gasteiger partial charge in [-0.05, 0) is 43.9 Å². The highest BCUT2D eigenvalue weighted by molar-refractivity contribution is 7.90. The average Bonchev–Trinajstić information content (AvgIpc) is 3.33. The average molecular weight is 531 g/mol. The lowest BCUT2D eigenvalue weighted by Gasteiger charge is -2.19. The van der Waals surface area contributed by atoms with Crippen molar-refractivity contribution < 1.29 is 22.7 Å². The number of hydrogen-bond acceptors (Lipinski definition) is 8. The molecular formula is C25H30N4O5S2. The Bertz CT molecular complexity index is 1300. The van der Waals surface area contributed by atoms with Gasteiger partial charge in [0, 0.05) is 17.7 Å². The monoisotopic (exact) mass is 530 g/mol. The van der Waals surface area contributed by atoms with Crippen LogP contribution in [0.5, 0.6) is 0 Å². The van der Waals surface area contributed by atoms with Gasteiger partial charge in [-0.2, -0.15) is 0 Å². The van der Waals surface area contributed by atoms with Crippen molar-refractivity contribution in [2.45, 2.75) is 51.7 Å². The van der Waals surface area contributed by atoms with E-state index in [1.54, 1.807) is 23.1 Å².